The van der Waals surface area contributed by atoms with E-state index in [-0.39, 0.29) is 42.3 Å². The molecule has 1 atom stereocenters. The fourth-order valence-electron chi connectivity index (χ4n) is 3.51. The highest BCUT2D eigenvalue weighted by Gasteiger charge is 2.22. The number of rotatable bonds is 6. The van der Waals surface area contributed by atoms with Crippen LogP contribution in [0.5, 0.6) is 0 Å². The lowest BCUT2D eigenvalue weighted by Gasteiger charge is -2.26. The minimum atomic E-state index is -0.115. The number of benzene rings is 2. The molecule has 3 N–H and O–H groups in total. The molecule has 0 bridgehead atoms. The third-order valence-electron chi connectivity index (χ3n) is 5.40. The molecule has 8 heteroatoms. The Morgan fingerprint density at radius 1 is 1.19 bits per heavy atom. The average molecular weight is 549 g/mol. The Labute approximate surface area is 207 Å². The Hall–Kier alpha value is -2.62. The van der Waals surface area contributed by atoms with Crippen molar-refractivity contribution in [1.29, 1.82) is 0 Å². The Kier molecular flexibility index (Phi) is 9.96. The van der Waals surface area contributed by atoms with E-state index in [4.69, 9.17) is 0 Å². The Morgan fingerprint density at radius 2 is 1.94 bits per heavy atom. The minimum Gasteiger partial charge on any atom is -0.356 e. The van der Waals surface area contributed by atoms with Crippen molar-refractivity contribution >= 4 is 41.8 Å². The van der Waals surface area contributed by atoms with Crippen molar-refractivity contribution in [2.75, 3.05) is 33.2 Å². The van der Waals surface area contributed by atoms with Gasteiger partial charge in [0, 0.05) is 38.8 Å². The Bertz CT molecular complexity index is 946. The first-order chi connectivity index (χ1) is 15.0. The van der Waals surface area contributed by atoms with Gasteiger partial charge >= 0.3 is 0 Å². The molecule has 0 radical (unpaired) electrons. The summed E-state index contributed by atoms with van der Waals surface area (Å²) in [6, 6.07) is 16.0. The van der Waals surface area contributed by atoms with Crippen LogP contribution in [0.15, 0.2) is 53.5 Å². The zero-order valence-electron chi connectivity index (χ0n) is 18.9. The number of hydrogen-bond donors (Lipinski definition) is 3. The van der Waals surface area contributed by atoms with Crippen LogP contribution >= 0.6 is 24.0 Å². The zero-order valence-corrected chi connectivity index (χ0v) is 21.2. The third-order valence-corrected chi connectivity index (χ3v) is 5.40. The maximum Gasteiger partial charge on any atom is 0.254 e. The second kappa shape index (κ2) is 12.4. The molecule has 2 amide bonds. The lowest BCUT2D eigenvalue weighted by Crippen LogP contribution is -2.49. The summed E-state index contributed by atoms with van der Waals surface area (Å²) < 4.78 is 0. The van der Waals surface area contributed by atoms with E-state index in [1.54, 1.807) is 11.9 Å². The van der Waals surface area contributed by atoms with E-state index >= 15 is 0 Å². The van der Waals surface area contributed by atoms with Gasteiger partial charge in [0.05, 0.1) is 6.54 Å². The summed E-state index contributed by atoms with van der Waals surface area (Å²) in [5.41, 5.74) is 4.20. The molecular formula is C24H32IN5O2. The predicted octanol–water partition coefficient (Wildman–Crippen LogP) is 2.65. The van der Waals surface area contributed by atoms with Crippen LogP contribution in [-0.4, -0.2) is 55.9 Å². The maximum atomic E-state index is 12.6. The zero-order chi connectivity index (χ0) is 22.2. The first kappa shape index (κ1) is 25.6. The first-order valence-corrected chi connectivity index (χ1v) is 10.6. The minimum absolute atomic E-state index is 0. The van der Waals surface area contributed by atoms with Gasteiger partial charge in [0.2, 0.25) is 5.91 Å². The van der Waals surface area contributed by atoms with E-state index < -0.39 is 0 Å². The summed E-state index contributed by atoms with van der Waals surface area (Å²) in [4.78, 5) is 29.9. The molecule has 1 unspecified atom stereocenters. The van der Waals surface area contributed by atoms with Crippen LogP contribution in [-0.2, 0) is 11.3 Å². The molecular weight excluding hydrogens is 517 g/mol. The summed E-state index contributed by atoms with van der Waals surface area (Å²) in [5.74, 6) is 0.868. The summed E-state index contributed by atoms with van der Waals surface area (Å²) in [5, 5.41) is 9.42. The number of amides is 2. The van der Waals surface area contributed by atoms with Gasteiger partial charge in [-0.15, -0.1) is 24.0 Å². The molecule has 1 aliphatic heterocycles. The molecule has 172 valence electrons. The average Bonchev–Trinajstić information content (AvgIpc) is 2.79. The summed E-state index contributed by atoms with van der Waals surface area (Å²) in [6.07, 6.45) is 0. The molecule has 7 nitrogen and oxygen atoms in total. The van der Waals surface area contributed by atoms with Crippen LogP contribution in [0.4, 0.5) is 0 Å². The van der Waals surface area contributed by atoms with Crippen LogP contribution in [0.25, 0.3) is 0 Å². The summed E-state index contributed by atoms with van der Waals surface area (Å²) in [6.45, 7) is 6.82. The topological polar surface area (TPSA) is 85.8 Å². The lowest BCUT2D eigenvalue weighted by atomic mass is 9.99. The number of halogens is 1. The van der Waals surface area contributed by atoms with E-state index in [1.807, 2.05) is 24.3 Å². The second-order valence-corrected chi connectivity index (χ2v) is 7.90. The van der Waals surface area contributed by atoms with Gasteiger partial charge in [-0.2, -0.15) is 0 Å². The van der Waals surface area contributed by atoms with Crippen molar-refractivity contribution in [2.24, 2.45) is 4.99 Å². The van der Waals surface area contributed by atoms with Crippen molar-refractivity contribution in [3.05, 3.63) is 70.8 Å². The monoisotopic (exact) mass is 549 g/mol. The number of guanidine groups is 1. The SMILES string of the molecule is CN=C(NCc1ccc(C(=O)N2CCNC(=O)C2)cc1)NCC(C)c1cccc(C)c1.I. The molecule has 1 fully saturated rings. The summed E-state index contributed by atoms with van der Waals surface area (Å²) in [7, 11) is 1.75. The number of carbonyl (C=O) groups is 2. The van der Waals surface area contributed by atoms with Crippen molar-refractivity contribution in [1.82, 2.24) is 20.9 Å². The van der Waals surface area contributed by atoms with Crippen molar-refractivity contribution in [2.45, 2.75) is 26.3 Å². The van der Waals surface area contributed by atoms with Gasteiger partial charge in [-0.25, -0.2) is 0 Å². The highest BCUT2D eigenvalue weighted by atomic mass is 127. The first-order valence-electron chi connectivity index (χ1n) is 10.6. The van der Waals surface area contributed by atoms with Gasteiger partial charge in [-0.3, -0.25) is 14.6 Å². The van der Waals surface area contributed by atoms with Gasteiger partial charge in [-0.1, -0.05) is 48.9 Å². The van der Waals surface area contributed by atoms with E-state index in [1.165, 1.54) is 11.1 Å². The third kappa shape index (κ3) is 7.22. The van der Waals surface area contributed by atoms with E-state index in [0.717, 1.165) is 18.1 Å². The standard InChI is InChI=1S/C24H31N5O2.HI/c1-17-5-4-6-21(13-17)18(2)14-27-24(25-3)28-15-19-7-9-20(10-8-19)23(31)29-12-11-26-22(30)16-29;/h4-10,13,18H,11-12,14-16H2,1-3H3,(H,26,30)(H2,25,27,28);1H. The molecule has 1 heterocycles. The van der Waals surface area contributed by atoms with Gasteiger partial charge in [0.15, 0.2) is 5.96 Å². The van der Waals surface area contributed by atoms with Crippen molar-refractivity contribution in [3.8, 4) is 0 Å². The highest BCUT2D eigenvalue weighted by Crippen LogP contribution is 2.15. The molecule has 2 aromatic carbocycles. The van der Waals surface area contributed by atoms with Crippen LogP contribution in [0.2, 0.25) is 0 Å². The number of nitrogens with zero attached hydrogens (tertiary/aromatic N) is 2. The normalized spacial score (nSPS) is 14.8. The molecule has 1 aliphatic rings. The van der Waals surface area contributed by atoms with Gasteiger partial charge in [-0.05, 0) is 36.1 Å². The largest absolute Gasteiger partial charge is 0.356 e. The number of hydrogen-bond acceptors (Lipinski definition) is 3. The number of nitrogens with one attached hydrogen (secondary N) is 3. The van der Waals surface area contributed by atoms with Crippen LogP contribution in [0, 0.1) is 6.92 Å². The smallest absolute Gasteiger partial charge is 0.254 e. The molecule has 32 heavy (non-hydrogen) atoms. The number of aliphatic imine (C=N–C) groups is 1. The fraction of sp³-hybridized carbons (Fsp3) is 0.375. The number of carbonyl (C=O) groups excluding carboxylic acids is 2. The molecule has 3 rings (SSSR count). The highest BCUT2D eigenvalue weighted by molar-refractivity contribution is 14.0. The van der Waals surface area contributed by atoms with E-state index in [2.05, 4.69) is 59.1 Å². The molecule has 0 spiro atoms. The molecule has 1 saturated heterocycles. The fourth-order valence-corrected chi connectivity index (χ4v) is 3.51. The molecule has 2 aromatic rings. The number of aryl methyl sites for hydroxylation is 1. The molecule has 0 saturated carbocycles. The predicted molar refractivity (Wildman–Crippen MR) is 139 cm³/mol. The summed E-state index contributed by atoms with van der Waals surface area (Å²) >= 11 is 0. The Balaban J connectivity index is 0.00000363. The van der Waals surface area contributed by atoms with Gasteiger partial charge in [0.1, 0.15) is 0 Å². The lowest BCUT2D eigenvalue weighted by molar-refractivity contribution is -0.123. The van der Waals surface area contributed by atoms with Crippen molar-refractivity contribution in [3.63, 3.8) is 0 Å². The van der Waals surface area contributed by atoms with Gasteiger partial charge < -0.3 is 20.9 Å². The quantitative estimate of drug-likeness (QED) is 0.294. The molecule has 0 aliphatic carbocycles. The van der Waals surface area contributed by atoms with E-state index in [9.17, 15) is 9.59 Å². The van der Waals surface area contributed by atoms with Gasteiger partial charge in [0.25, 0.3) is 5.91 Å². The number of piperazine rings is 1. The van der Waals surface area contributed by atoms with Crippen LogP contribution < -0.4 is 16.0 Å². The van der Waals surface area contributed by atoms with E-state index in [0.29, 0.717) is 31.1 Å². The van der Waals surface area contributed by atoms with Crippen LogP contribution in [0.1, 0.15) is 39.9 Å². The Morgan fingerprint density at radius 3 is 2.59 bits per heavy atom. The maximum absolute atomic E-state index is 12.6. The molecule has 0 aromatic heterocycles. The second-order valence-electron chi connectivity index (χ2n) is 7.90. The van der Waals surface area contributed by atoms with Crippen LogP contribution in [0.3, 0.4) is 0 Å². The van der Waals surface area contributed by atoms with Crippen molar-refractivity contribution < 1.29 is 9.59 Å².